The van der Waals surface area contributed by atoms with E-state index in [0.29, 0.717) is 0 Å². The number of guanidine groups is 2. The van der Waals surface area contributed by atoms with Crippen LogP contribution < -0.4 is 11.5 Å². The van der Waals surface area contributed by atoms with E-state index < -0.39 is 0 Å². The van der Waals surface area contributed by atoms with E-state index in [9.17, 15) is 0 Å². The SMILES string of the molecule is CC=CN(Cl)C(N)=NC(=N)N. The van der Waals surface area contributed by atoms with Crippen LogP contribution in [0.25, 0.3) is 0 Å². The summed E-state index contributed by atoms with van der Waals surface area (Å²) < 4.78 is 1.04. The first-order valence-corrected chi connectivity index (χ1v) is 3.17. The lowest BCUT2D eigenvalue weighted by Gasteiger charge is -2.06. The van der Waals surface area contributed by atoms with Gasteiger partial charge in [-0.2, -0.15) is 4.99 Å². The van der Waals surface area contributed by atoms with Crippen molar-refractivity contribution < 1.29 is 0 Å². The van der Waals surface area contributed by atoms with Gasteiger partial charge in [-0.05, 0) is 6.92 Å². The molecule has 0 radical (unpaired) electrons. The lowest BCUT2D eigenvalue weighted by molar-refractivity contribution is 0.883. The lowest BCUT2D eigenvalue weighted by Crippen LogP contribution is -2.28. The minimum absolute atomic E-state index is 0.0303. The highest BCUT2D eigenvalue weighted by molar-refractivity contribution is 6.23. The topological polar surface area (TPSA) is 91.5 Å². The second kappa shape index (κ2) is 4.56. The third-order valence-electron chi connectivity index (χ3n) is 0.734. The summed E-state index contributed by atoms with van der Waals surface area (Å²) in [4.78, 5) is 3.39. The summed E-state index contributed by atoms with van der Waals surface area (Å²) in [5, 5.41) is 6.75. The summed E-state index contributed by atoms with van der Waals surface area (Å²) >= 11 is 5.51. The van der Waals surface area contributed by atoms with E-state index in [-0.39, 0.29) is 11.9 Å². The Kier molecular flexibility index (Phi) is 4.05. The Morgan fingerprint density at radius 2 is 2.18 bits per heavy atom. The summed E-state index contributed by atoms with van der Waals surface area (Å²) in [6.45, 7) is 1.77. The van der Waals surface area contributed by atoms with Crippen LogP contribution in [0.4, 0.5) is 0 Å². The highest BCUT2D eigenvalue weighted by Crippen LogP contribution is 1.93. The van der Waals surface area contributed by atoms with Crippen molar-refractivity contribution in [2.24, 2.45) is 16.5 Å². The van der Waals surface area contributed by atoms with Crippen LogP contribution in [0, 0.1) is 5.41 Å². The van der Waals surface area contributed by atoms with Crippen molar-refractivity contribution in [2.45, 2.75) is 6.92 Å². The first-order valence-electron chi connectivity index (χ1n) is 2.84. The van der Waals surface area contributed by atoms with E-state index in [4.69, 9.17) is 28.7 Å². The summed E-state index contributed by atoms with van der Waals surface area (Å²) in [5.74, 6) is -0.407. The third-order valence-corrected chi connectivity index (χ3v) is 1.02. The summed E-state index contributed by atoms with van der Waals surface area (Å²) in [5.41, 5.74) is 10.2. The number of allylic oxidation sites excluding steroid dienone is 1. The molecule has 0 aliphatic heterocycles. The lowest BCUT2D eigenvalue weighted by atomic mass is 10.7. The highest BCUT2D eigenvalue weighted by Gasteiger charge is 1.98. The molecule has 0 aromatic rings. The Bertz CT molecular complexity index is 197. The molecule has 11 heavy (non-hydrogen) atoms. The zero-order valence-electron chi connectivity index (χ0n) is 6.08. The van der Waals surface area contributed by atoms with E-state index in [1.54, 1.807) is 13.0 Å². The zero-order valence-corrected chi connectivity index (χ0v) is 6.84. The van der Waals surface area contributed by atoms with Gasteiger partial charge in [0.25, 0.3) is 0 Å². The smallest absolute Gasteiger partial charge is 0.218 e. The Hall–Kier alpha value is -1.23. The quantitative estimate of drug-likeness (QED) is 0.302. The summed E-state index contributed by atoms with van der Waals surface area (Å²) in [6, 6.07) is 0. The molecule has 0 aromatic carbocycles. The minimum atomic E-state index is -0.377. The Morgan fingerprint density at radius 3 is 2.55 bits per heavy atom. The van der Waals surface area contributed by atoms with Gasteiger partial charge in [-0.1, -0.05) is 6.08 Å². The molecule has 0 aliphatic carbocycles. The summed E-state index contributed by atoms with van der Waals surface area (Å²) in [7, 11) is 0. The van der Waals surface area contributed by atoms with Gasteiger partial charge in [-0.15, -0.1) is 0 Å². The van der Waals surface area contributed by atoms with Gasteiger partial charge in [-0.25, -0.2) is 4.42 Å². The molecule has 0 unspecified atom stereocenters. The van der Waals surface area contributed by atoms with Gasteiger partial charge in [0.05, 0.1) is 0 Å². The maximum Gasteiger partial charge on any atom is 0.218 e. The number of hydrogen-bond acceptors (Lipinski definition) is 1. The largest absolute Gasteiger partial charge is 0.368 e. The van der Waals surface area contributed by atoms with Crippen molar-refractivity contribution in [2.75, 3.05) is 0 Å². The molecule has 0 fully saturated rings. The van der Waals surface area contributed by atoms with Gasteiger partial charge in [0.1, 0.15) is 0 Å². The number of nitrogens with zero attached hydrogens (tertiary/aromatic N) is 2. The Morgan fingerprint density at radius 1 is 1.64 bits per heavy atom. The number of aliphatic imine (C=N–C) groups is 1. The first-order chi connectivity index (χ1) is 5.07. The molecule has 5 nitrogen and oxygen atoms in total. The number of hydrogen-bond donors (Lipinski definition) is 3. The van der Waals surface area contributed by atoms with Gasteiger partial charge >= 0.3 is 0 Å². The molecular formula is C5H10ClN5. The predicted octanol–water partition coefficient (Wildman–Crippen LogP) is 0.184. The van der Waals surface area contributed by atoms with Gasteiger partial charge in [0.15, 0.2) is 0 Å². The molecule has 0 amide bonds. The van der Waals surface area contributed by atoms with Gasteiger partial charge in [-0.3, -0.25) is 5.41 Å². The van der Waals surface area contributed by atoms with Crippen molar-refractivity contribution in [1.29, 1.82) is 5.41 Å². The van der Waals surface area contributed by atoms with Crippen LogP contribution in [0.1, 0.15) is 6.92 Å². The van der Waals surface area contributed by atoms with Crippen LogP contribution >= 0.6 is 11.8 Å². The fourth-order valence-electron chi connectivity index (χ4n) is 0.378. The molecule has 62 valence electrons. The predicted molar refractivity (Wildman–Crippen MR) is 46.0 cm³/mol. The van der Waals surface area contributed by atoms with E-state index in [2.05, 4.69) is 4.99 Å². The Balaban J connectivity index is 4.22. The number of nitrogens with one attached hydrogen (secondary N) is 1. The third kappa shape index (κ3) is 4.21. The molecule has 0 heterocycles. The van der Waals surface area contributed by atoms with Crippen LogP contribution in [-0.4, -0.2) is 16.3 Å². The van der Waals surface area contributed by atoms with Gasteiger partial charge in [0.2, 0.25) is 11.9 Å². The summed E-state index contributed by atoms with van der Waals surface area (Å²) in [6.07, 6.45) is 3.17. The number of nitrogens with two attached hydrogens (primary N) is 2. The van der Waals surface area contributed by atoms with E-state index in [1.165, 1.54) is 6.20 Å². The van der Waals surface area contributed by atoms with Crippen molar-refractivity contribution in [3.05, 3.63) is 12.3 Å². The number of rotatable bonds is 1. The zero-order chi connectivity index (χ0) is 8.85. The molecule has 6 heteroatoms. The molecule has 0 spiro atoms. The highest BCUT2D eigenvalue weighted by atomic mass is 35.5. The maximum absolute atomic E-state index is 6.75. The minimum Gasteiger partial charge on any atom is -0.368 e. The second-order valence-corrected chi connectivity index (χ2v) is 2.01. The van der Waals surface area contributed by atoms with Crippen LogP contribution in [0.3, 0.4) is 0 Å². The molecule has 0 aliphatic rings. The standard InChI is InChI=1S/C5H10ClN5/c1-2-3-11(6)5(9)10-4(7)8/h2-3H,1H3,(H5,7,8,9,10). The van der Waals surface area contributed by atoms with E-state index in [1.807, 2.05) is 0 Å². The molecule has 0 aromatic heterocycles. The average molecular weight is 176 g/mol. The molecular weight excluding hydrogens is 166 g/mol. The van der Waals surface area contributed by atoms with Crippen molar-refractivity contribution in [1.82, 2.24) is 4.42 Å². The normalized spacial score (nSPS) is 12.0. The fraction of sp³-hybridized carbons (Fsp3) is 0.200. The van der Waals surface area contributed by atoms with Crippen molar-refractivity contribution in [3.63, 3.8) is 0 Å². The van der Waals surface area contributed by atoms with Crippen LogP contribution in [0.15, 0.2) is 17.3 Å². The van der Waals surface area contributed by atoms with E-state index >= 15 is 0 Å². The van der Waals surface area contributed by atoms with Crippen LogP contribution in [-0.2, 0) is 0 Å². The molecule has 5 N–H and O–H groups in total. The molecule has 0 rings (SSSR count). The second-order valence-electron chi connectivity index (χ2n) is 1.65. The van der Waals surface area contributed by atoms with Crippen LogP contribution in [0.5, 0.6) is 0 Å². The molecule has 0 saturated carbocycles. The Labute approximate surface area is 69.9 Å². The average Bonchev–Trinajstić information content (AvgIpc) is 1.86. The maximum atomic E-state index is 6.75. The fourth-order valence-corrected chi connectivity index (χ4v) is 0.529. The van der Waals surface area contributed by atoms with Gasteiger partial charge < -0.3 is 11.5 Å². The van der Waals surface area contributed by atoms with E-state index in [0.717, 1.165) is 4.42 Å². The van der Waals surface area contributed by atoms with Gasteiger partial charge in [0, 0.05) is 18.0 Å². The first kappa shape index (κ1) is 9.77. The molecule has 0 bridgehead atoms. The van der Waals surface area contributed by atoms with Crippen molar-refractivity contribution >= 4 is 23.7 Å². The van der Waals surface area contributed by atoms with Crippen LogP contribution in [0.2, 0.25) is 0 Å². The monoisotopic (exact) mass is 175 g/mol. The number of halogens is 1. The molecule has 0 atom stereocenters. The van der Waals surface area contributed by atoms with Crippen molar-refractivity contribution in [3.8, 4) is 0 Å². The molecule has 0 saturated heterocycles.